The zero-order chi connectivity index (χ0) is 94.5. The number of aryl methyl sites for hydroxylation is 8. The van der Waals surface area contributed by atoms with Crippen molar-refractivity contribution in [2.24, 2.45) is 0 Å². The fourth-order valence-electron chi connectivity index (χ4n) is 16.9. The Hall–Kier alpha value is -13.7. The maximum absolute atomic E-state index is 10.8. The van der Waals surface area contributed by atoms with Crippen LogP contribution >= 0.6 is 0 Å². The van der Waals surface area contributed by atoms with E-state index in [9.17, 15) is 51.1 Å². The molecule has 0 radical (unpaired) electrons. The molecule has 0 atom stereocenters. The van der Waals surface area contributed by atoms with E-state index >= 15 is 0 Å². The van der Waals surface area contributed by atoms with Crippen LogP contribution in [0.3, 0.4) is 0 Å². The van der Waals surface area contributed by atoms with Crippen LogP contribution in [0.25, 0.3) is 0 Å². The van der Waals surface area contributed by atoms with Gasteiger partial charge < -0.3 is 51.1 Å². The van der Waals surface area contributed by atoms with Crippen molar-refractivity contribution in [3.05, 3.63) is 471 Å². The van der Waals surface area contributed by atoms with Gasteiger partial charge in [0, 0.05) is 45.3 Å². The van der Waals surface area contributed by atoms with Gasteiger partial charge in [0.25, 0.3) is 0 Å². The van der Waals surface area contributed by atoms with Crippen LogP contribution in [0.1, 0.15) is 239 Å². The van der Waals surface area contributed by atoms with Gasteiger partial charge in [0.15, 0.2) is 0 Å². The summed E-state index contributed by atoms with van der Waals surface area (Å²) < 4.78 is 0. The molecule has 0 bridgehead atoms. The lowest BCUT2D eigenvalue weighted by Gasteiger charge is -2.31. The van der Waals surface area contributed by atoms with Crippen molar-refractivity contribution in [2.75, 3.05) is 0 Å². The van der Waals surface area contributed by atoms with Crippen LogP contribution in [0.15, 0.2) is 315 Å². The van der Waals surface area contributed by atoms with Crippen LogP contribution in [0.5, 0.6) is 57.5 Å². The molecule has 0 aliphatic rings. The molecule has 0 saturated heterocycles. The van der Waals surface area contributed by atoms with Gasteiger partial charge >= 0.3 is 0 Å². The monoisotopic (exact) mass is 1730 g/mol. The molecular weight excluding hydrogens is 1600 g/mol. The van der Waals surface area contributed by atoms with E-state index in [2.05, 4.69) is 236 Å². The van der Waals surface area contributed by atoms with Gasteiger partial charge in [-0.1, -0.05) is 348 Å². The Bertz CT molecular complexity index is 5910. The van der Waals surface area contributed by atoms with Crippen LogP contribution in [-0.2, 0) is 58.2 Å². The average molecular weight is 1730 g/mol. The van der Waals surface area contributed by atoms with Crippen LogP contribution in [0, 0.1) is 55.4 Å². The Labute approximate surface area is 771 Å². The van der Waals surface area contributed by atoms with Gasteiger partial charge in [-0.25, -0.2) is 0 Å². The van der Waals surface area contributed by atoms with E-state index in [1.54, 1.807) is 72.8 Å². The van der Waals surface area contributed by atoms with E-state index in [1.165, 1.54) is 94.6 Å². The van der Waals surface area contributed by atoms with Crippen LogP contribution in [0.4, 0.5) is 0 Å². The minimum Gasteiger partial charge on any atom is -0.508 e. The molecule has 15 aromatic rings. The van der Waals surface area contributed by atoms with Crippen molar-refractivity contribution >= 4 is 0 Å². The second-order valence-electron chi connectivity index (χ2n) is 38.5. The Morgan fingerprint density at radius 1 is 0.169 bits per heavy atom. The quantitative estimate of drug-likeness (QED) is 0.0350. The first kappa shape index (κ1) is 96.9. The van der Waals surface area contributed by atoms with Crippen molar-refractivity contribution in [3.63, 3.8) is 0 Å². The van der Waals surface area contributed by atoms with Gasteiger partial charge in [0.05, 0.1) is 0 Å². The zero-order valence-electron chi connectivity index (χ0n) is 79.3. The highest BCUT2D eigenvalue weighted by molar-refractivity contribution is 5.56. The zero-order valence-corrected chi connectivity index (χ0v) is 79.3. The second-order valence-corrected chi connectivity index (χ2v) is 38.5. The van der Waals surface area contributed by atoms with E-state index in [0.717, 1.165) is 74.0 Å². The Kier molecular flexibility index (Phi) is 30.4. The number of benzene rings is 15. The number of phenols is 10. The summed E-state index contributed by atoms with van der Waals surface area (Å²) in [5.74, 6) is 2.92. The summed E-state index contributed by atoms with van der Waals surface area (Å²) in [6.07, 6.45) is 2.63. The van der Waals surface area contributed by atoms with Crippen LogP contribution in [0.2, 0.25) is 0 Å². The maximum Gasteiger partial charge on any atom is 0.122 e. The fraction of sp³-hybridized carbons (Fsp3) is 0.250. The molecule has 10 N–H and O–H groups in total. The van der Waals surface area contributed by atoms with Crippen LogP contribution in [-0.4, -0.2) is 51.1 Å². The van der Waals surface area contributed by atoms with E-state index < -0.39 is 0 Å². The first-order valence-corrected chi connectivity index (χ1v) is 44.7. The summed E-state index contributed by atoms with van der Waals surface area (Å²) in [5, 5.41) is 98.6. The number of phenolic OH excluding ortho intramolecular Hbond substituents is 10. The molecular formula is C120H130O10. The average Bonchev–Trinajstić information content (AvgIpc) is 0.772. The van der Waals surface area contributed by atoms with Gasteiger partial charge in [0.1, 0.15) is 57.5 Å². The third-order valence-electron chi connectivity index (χ3n) is 26.3. The molecule has 130 heavy (non-hydrogen) atoms. The first-order valence-electron chi connectivity index (χ1n) is 44.7. The van der Waals surface area contributed by atoms with E-state index in [0.29, 0.717) is 41.6 Å². The molecule has 670 valence electrons. The molecule has 15 aromatic carbocycles. The van der Waals surface area contributed by atoms with Crippen molar-refractivity contribution in [2.45, 2.75) is 197 Å². The highest BCUT2D eigenvalue weighted by Gasteiger charge is 2.32. The van der Waals surface area contributed by atoms with E-state index in [1.807, 2.05) is 146 Å². The summed E-state index contributed by atoms with van der Waals surface area (Å²) in [6, 6.07) is 104. The lowest BCUT2D eigenvalue weighted by atomic mass is 9.73. The maximum atomic E-state index is 10.8. The standard InChI is InChI=1S/C28H34O2.C25H28O.C24H26O2.C23H24O3.C20H18O2/c1-17-13-23(14-18(2)25(17)29)27(5,6)21-9-11-22(12-10-21)28(7,8)24-15-19(3)26(30)20(4)16-24;1-18-9-11-19(12-10-18)24(2,3)21-7-6-8-22(17-21)25(4,5)20-13-15-23(26)16-14-20;1-23(2,19-9-13-21(25)14-10-19)17-5-7-18(8-6-17)24(3,4)20-11-15-22(26)16-12-20;1-14-4-6-21(24)17(8-14)12-19-10-16(3)11-20(23(19)26)13-18-9-15(2)5-7-22(18)25;21-19-9-5-17(6-10-19)13-15-1-2-16(4-3-15)14-18-7-11-20(22)12-8-18/h9-16,29-30H,1-8H3;6-17,26H,1-5H3;5-16,25-26H,1-4H3;4-11,24-26H,12-13H2,1-3H3;1-12,21-22H,13-14H2. The minimum absolute atomic E-state index is 0.0608. The third-order valence-corrected chi connectivity index (χ3v) is 26.3. The Morgan fingerprint density at radius 2 is 0.377 bits per heavy atom. The summed E-state index contributed by atoms with van der Waals surface area (Å²) in [4.78, 5) is 0. The normalized spacial score (nSPS) is 11.7. The van der Waals surface area contributed by atoms with Gasteiger partial charge in [0.2, 0.25) is 0 Å². The number of rotatable bonds is 20. The summed E-state index contributed by atoms with van der Waals surface area (Å²) in [7, 11) is 0. The predicted octanol–water partition coefficient (Wildman–Crippen LogP) is 28.3. The SMILES string of the molecule is CC(C)(c1ccc(O)cc1)c1ccc(C(C)(C)c2ccc(O)cc2)cc1.Cc1cc(C(C)(C)c2ccc(C(C)(C)c3cc(C)c(O)c(C)c3)cc2)cc(C)c1O.Cc1ccc(C(C)(C)c2cccc(C(C)(C)c3ccc(O)cc3)c2)cc1.Cc1ccc(O)c(Cc2cc(C)cc(Cc3cc(C)ccc3O)c2O)c1.Oc1ccc(Cc2ccc(Cc3ccc(O)cc3)cc2)cc1. The highest BCUT2D eigenvalue weighted by atomic mass is 16.3. The molecule has 0 unspecified atom stereocenters. The third kappa shape index (κ3) is 23.8. The summed E-state index contributed by atoms with van der Waals surface area (Å²) in [5.41, 5.74) is 30.0. The van der Waals surface area contributed by atoms with E-state index in [-0.39, 0.29) is 61.2 Å². The molecule has 0 spiro atoms. The van der Waals surface area contributed by atoms with Crippen molar-refractivity contribution in [3.8, 4) is 57.5 Å². The Balaban J connectivity index is 0.000000157. The minimum atomic E-state index is -0.169. The van der Waals surface area contributed by atoms with Gasteiger partial charge in [-0.2, -0.15) is 0 Å². The molecule has 0 aliphatic heterocycles. The molecule has 0 aliphatic carbocycles. The molecule has 0 saturated carbocycles. The topological polar surface area (TPSA) is 202 Å². The molecule has 10 heteroatoms. The molecule has 0 fully saturated rings. The number of aromatic hydroxyl groups is 10. The van der Waals surface area contributed by atoms with Crippen LogP contribution < -0.4 is 0 Å². The predicted molar refractivity (Wildman–Crippen MR) is 535 cm³/mol. The molecule has 0 amide bonds. The largest absolute Gasteiger partial charge is 0.508 e. The lowest BCUT2D eigenvalue weighted by Crippen LogP contribution is -2.22. The van der Waals surface area contributed by atoms with E-state index in [4.69, 9.17) is 0 Å². The Morgan fingerprint density at radius 3 is 0.646 bits per heavy atom. The molecule has 0 aromatic heterocycles. The molecule has 0 heterocycles. The van der Waals surface area contributed by atoms with Gasteiger partial charge in [-0.3, -0.25) is 0 Å². The van der Waals surface area contributed by atoms with Gasteiger partial charge in [-0.15, -0.1) is 0 Å². The first-order chi connectivity index (χ1) is 61.3. The molecule has 10 nitrogen and oxygen atoms in total. The summed E-state index contributed by atoms with van der Waals surface area (Å²) in [6.45, 7) is 42.6. The molecule has 15 rings (SSSR count). The lowest BCUT2D eigenvalue weighted by molar-refractivity contribution is 0.456. The number of hydrogen-bond donors (Lipinski definition) is 10. The smallest absolute Gasteiger partial charge is 0.122 e. The number of hydrogen-bond acceptors (Lipinski definition) is 10. The van der Waals surface area contributed by atoms with Crippen molar-refractivity contribution in [1.29, 1.82) is 0 Å². The second kappa shape index (κ2) is 40.7. The van der Waals surface area contributed by atoms with Crippen molar-refractivity contribution in [1.82, 2.24) is 0 Å². The van der Waals surface area contributed by atoms with Crippen molar-refractivity contribution < 1.29 is 51.1 Å². The highest BCUT2D eigenvalue weighted by Crippen LogP contribution is 2.44. The fourth-order valence-corrected chi connectivity index (χ4v) is 16.9. The van der Waals surface area contributed by atoms with Gasteiger partial charge in [-0.05, 0) is 275 Å². The summed E-state index contributed by atoms with van der Waals surface area (Å²) >= 11 is 0.